The second kappa shape index (κ2) is 24.2. The number of hydrogen-bond donors (Lipinski definition) is 1. The topological polar surface area (TPSA) is 59.0 Å². The van der Waals surface area contributed by atoms with Gasteiger partial charge in [-0.1, -0.05) is 77.4 Å². The second-order valence-corrected chi connectivity index (χ2v) is 9.73. The molecule has 0 saturated carbocycles. The molecule has 1 N–H and O–H groups in total. The third kappa shape index (κ3) is 22.6. The average molecular weight is 470 g/mol. The predicted molar refractivity (Wildman–Crippen MR) is 140 cm³/mol. The summed E-state index contributed by atoms with van der Waals surface area (Å²) in [6.07, 6.45) is 22.3. The zero-order chi connectivity index (χ0) is 24.6. The number of nitrogens with zero attached hydrogens (tertiary/aromatic N) is 1. The minimum absolute atomic E-state index is 0.208. The van der Waals surface area contributed by atoms with Crippen molar-refractivity contribution in [3.63, 3.8) is 0 Å². The van der Waals surface area contributed by atoms with Crippen LogP contribution in [0.1, 0.15) is 110 Å². The lowest BCUT2D eigenvalue weighted by molar-refractivity contribution is -0.141. The molecule has 0 aliphatic carbocycles. The molecule has 5 nitrogen and oxygen atoms in total. The Bertz CT molecular complexity index is 453. The van der Waals surface area contributed by atoms with Gasteiger partial charge in [-0.3, -0.25) is 4.79 Å². The molecule has 33 heavy (non-hydrogen) atoms. The van der Waals surface area contributed by atoms with Gasteiger partial charge in [-0.15, -0.1) is 0 Å². The molecule has 196 valence electrons. The normalized spacial score (nSPS) is 13.7. The number of hydrogen-bond acceptors (Lipinski definition) is 4. The lowest BCUT2D eigenvalue weighted by Gasteiger charge is -2.24. The Morgan fingerprint density at radius 2 is 1.27 bits per heavy atom. The Labute approximate surface area is 205 Å². The average Bonchev–Trinajstić information content (AvgIpc) is 2.79. The molecule has 0 rings (SSSR count). The summed E-state index contributed by atoms with van der Waals surface area (Å²) < 4.78 is 11.8. The molecule has 2 atom stereocenters. The third-order valence-electron chi connectivity index (χ3n) is 6.25. The van der Waals surface area contributed by atoms with Gasteiger partial charge in [0.25, 0.3) is 0 Å². The minimum atomic E-state index is -0.676. The molecular formula is C28H55NO4. The fourth-order valence-corrected chi connectivity index (χ4v) is 3.66. The van der Waals surface area contributed by atoms with Crippen molar-refractivity contribution in [2.45, 2.75) is 116 Å². The van der Waals surface area contributed by atoms with Crippen LogP contribution in [0.5, 0.6) is 0 Å². The van der Waals surface area contributed by atoms with Crippen LogP contribution in [0.25, 0.3) is 0 Å². The van der Waals surface area contributed by atoms with Gasteiger partial charge in [-0.05, 0) is 59.0 Å². The van der Waals surface area contributed by atoms with Crippen molar-refractivity contribution in [1.29, 1.82) is 0 Å². The highest BCUT2D eigenvalue weighted by atomic mass is 16.5. The lowest BCUT2D eigenvalue weighted by Crippen LogP contribution is -2.37. The Kier molecular flexibility index (Phi) is 23.6. The van der Waals surface area contributed by atoms with E-state index in [9.17, 15) is 4.79 Å². The molecule has 0 aromatic rings. The van der Waals surface area contributed by atoms with Gasteiger partial charge in [0.2, 0.25) is 0 Å². The number of carboxylic acid groups (broad SMARTS) is 1. The smallest absolute Gasteiger partial charge is 0.306 e. The third-order valence-corrected chi connectivity index (χ3v) is 6.25. The summed E-state index contributed by atoms with van der Waals surface area (Å²) in [5, 5.41) is 8.86. The highest BCUT2D eigenvalue weighted by Gasteiger charge is 2.11. The Morgan fingerprint density at radius 3 is 1.79 bits per heavy atom. The van der Waals surface area contributed by atoms with E-state index in [1.165, 1.54) is 64.2 Å². The Morgan fingerprint density at radius 1 is 0.788 bits per heavy atom. The van der Waals surface area contributed by atoms with Crippen LogP contribution in [-0.2, 0) is 14.3 Å². The number of aliphatic carboxylic acids is 1. The molecule has 0 saturated heterocycles. The quantitative estimate of drug-likeness (QED) is 0.114. The largest absolute Gasteiger partial charge is 0.481 e. The van der Waals surface area contributed by atoms with Crippen molar-refractivity contribution < 1.29 is 19.4 Å². The van der Waals surface area contributed by atoms with Crippen LogP contribution in [0.3, 0.4) is 0 Å². The summed E-state index contributed by atoms with van der Waals surface area (Å²) in [6, 6.07) is 0.345. The van der Waals surface area contributed by atoms with Crippen LogP contribution >= 0.6 is 0 Å². The summed E-state index contributed by atoms with van der Waals surface area (Å²) in [4.78, 5) is 13.0. The number of unbranched alkanes of at least 4 members (excludes halogenated alkanes) is 11. The first-order valence-corrected chi connectivity index (χ1v) is 13.7. The highest BCUT2D eigenvalue weighted by Crippen LogP contribution is 2.11. The molecule has 0 bridgehead atoms. The Balaban J connectivity index is 3.44. The maximum Gasteiger partial charge on any atom is 0.306 e. The first-order valence-electron chi connectivity index (χ1n) is 13.7. The minimum Gasteiger partial charge on any atom is -0.481 e. The van der Waals surface area contributed by atoms with Gasteiger partial charge in [0.05, 0.1) is 25.2 Å². The fourth-order valence-electron chi connectivity index (χ4n) is 3.66. The van der Waals surface area contributed by atoms with Crippen molar-refractivity contribution in [2.24, 2.45) is 5.92 Å². The number of allylic oxidation sites excluding steroid dienone is 2. The van der Waals surface area contributed by atoms with E-state index in [0.29, 0.717) is 6.04 Å². The van der Waals surface area contributed by atoms with E-state index in [-0.39, 0.29) is 5.92 Å². The number of ether oxygens (including phenoxy) is 2. The van der Waals surface area contributed by atoms with Gasteiger partial charge in [-0.25, -0.2) is 0 Å². The van der Waals surface area contributed by atoms with Crippen LogP contribution in [0, 0.1) is 5.92 Å². The van der Waals surface area contributed by atoms with E-state index in [2.05, 4.69) is 38.1 Å². The maximum atomic E-state index is 10.8. The van der Waals surface area contributed by atoms with Crippen molar-refractivity contribution in [1.82, 2.24) is 4.90 Å². The molecule has 0 heterocycles. The van der Waals surface area contributed by atoms with Crippen molar-refractivity contribution in [2.75, 3.05) is 40.5 Å². The van der Waals surface area contributed by atoms with Crippen molar-refractivity contribution in [3.8, 4) is 0 Å². The standard InChI is InChI=1S/C28H55NO4/c1-5-6-7-19-22-32-24-27(29(3)4)25-33-23-20-17-15-13-11-9-8-10-12-14-16-18-21-26(2)28(30)31/h10,12,26-27H,5-9,11,13-25H2,1-4H3,(H,30,31)/b12-10-. The van der Waals surface area contributed by atoms with Gasteiger partial charge in [0.15, 0.2) is 0 Å². The lowest BCUT2D eigenvalue weighted by atomic mass is 10.0. The summed E-state index contributed by atoms with van der Waals surface area (Å²) >= 11 is 0. The van der Waals surface area contributed by atoms with E-state index in [4.69, 9.17) is 14.6 Å². The molecule has 0 aliphatic heterocycles. The zero-order valence-corrected chi connectivity index (χ0v) is 22.4. The maximum absolute atomic E-state index is 10.8. The summed E-state index contributed by atoms with van der Waals surface area (Å²) in [5.74, 6) is -0.884. The van der Waals surface area contributed by atoms with Crippen LogP contribution in [0.2, 0.25) is 0 Å². The monoisotopic (exact) mass is 469 g/mol. The van der Waals surface area contributed by atoms with Crippen LogP contribution in [0.15, 0.2) is 12.2 Å². The first-order chi connectivity index (χ1) is 16.0. The van der Waals surface area contributed by atoms with E-state index in [1.807, 2.05) is 0 Å². The molecule has 5 heteroatoms. The highest BCUT2D eigenvalue weighted by molar-refractivity contribution is 5.69. The van der Waals surface area contributed by atoms with Gasteiger partial charge in [-0.2, -0.15) is 0 Å². The van der Waals surface area contributed by atoms with Crippen LogP contribution in [-0.4, -0.2) is 62.5 Å². The SMILES string of the molecule is CCCCCCOCC(COCCCCCCCC/C=C\CCCCC(C)C(=O)O)N(C)C. The van der Waals surface area contributed by atoms with Crippen molar-refractivity contribution in [3.05, 3.63) is 12.2 Å². The zero-order valence-electron chi connectivity index (χ0n) is 22.4. The molecule has 0 spiro atoms. The van der Waals surface area contributed by atoms with Crippen LogP contribution < -0.4 is 0 Å². The molecular weight excluding hydrogens is 414 g/mol. The van der Waals surface area contributed by atoms with E-state index >= 15 is 0 Å². The molecule has 0 amide bonds. The van der Waals surface area contributed by atoms with Gasteiger partial charge >= 0.3 is 5.97 Å². The van der Waals surface area contributed by atoms with E-state index in [1.54, 1.807) is 6.92 Å². The molecule has 0 aromatic heterocycles. The summed E-state index contributed by atoms with van der Waals surface area (Å²) in [7, 11) is 4.21. The molecule has 0 radical (unpaired) electrons. The van der Waals surface area contributed by atoms with Gasteiger partial charge in [0, 0.05) is 13.2 Å². The van der Waals surface area contributed by atoms with Crippen molar-refractivity contribution >= 4 is 5.97 Å². The molecule has 0 aliphatic rings. The van der Waals surface area contributed by atoms with Crippen LogP contribution in [0.4, 0.5) is 0 Å². The number of rotatable bonds is 25. The van der Waals surface area contributed by atoms with E-state index in [0.717, 1.165) is 58.5 Å². The van der Waals surface area contributed by atoms with E-state index < -0.39 is 5.97 Å². The summed E-state index contributed by atoms with van der Waals surface area (Å²) in [5.41, 5.74) is 0. The van der Waals surface area contributed by atoms with Gasteiger partial charge < -0.3 is 19.5 Å². The van der Waals surface area contributed by atoms with Gasteiger partial charge in [0.1, 0.15) is 0 Å². The summed E-state index contributed by atoms with van der Waals surface area (Å²) in [6.45, 7) is 7.27. The fraction of sp³-hybridized carbons (Fsp3) is 0.893. The predicted octanol–water partition coefficient (Wildman–Crippen LogP) is 7.10. The molecule has 2 unspecified atom stereocenters. The first kappa shape index (κ1) is 32.1. The Hall–Kier alpha value is -0.910. The molecule has 0 aromatic carbocycles. The second-order valence-electron chi connectivity index (χ2n) is 9.73. The number of carboxylic acids is 1. The number of carbonyl (C=O) groups is 1. The number of likely N-dealkylation sites (N-methyl/N-ethyl adjacent to an activating group) is 1. The molecule has 0 fully saturated rings.